The molecule has 0 aromatic rings. The van der Waals surface area contributed by atoms with Crippen LogP contribution in [0.5, 0.6) is 0 Å². The van der Waals surface area contributed by atoms with Crippen LogP contribution in [-0.4, -0.2) is 122 Å². The molecule has 10 atom stereocenters. The van der Waals surface area contributed by atoms with Gasteiger partial charge in [0.05, 0.1) is 13.2 Å². The molecule has 9 N–H and O–H groups in total. The van der Waals surface area contributed by atoms with Crippen molar-refractivity contribution in [1.29, 1.82) is 0 Å². The number of hydrogen-bond acceptors (Lipinski definition) is 12. The number of aliphatic hydroxyl groups is 8. The quantitative estimate of drug-likeness (QED) is 0.200. The van der Waals surface area contributed by atoms with Crippen molar-refractivity contribution in [2.45, 2.75) is 61.0 Å². The van der Waals surface area contributed by atoms with Gasteiger partial charge < -0.3 is 55.1 Å². The molecule has 148 valence electrons. The van der Waals surface area contributed by atoms with E-state index in [1.54, 1.807) is 0 Å². The smallest absolute Gasteiger partial charge is 0.219 e. The normalized spacial score (nSPS) is 49.3. The van der Waals surface area contributed by atoms with Crippen LogP contribution in [0, 0.1) is 0 Å². The second-order valence-corrected chi connectivity index (χ2v) is 6.06. The molecule has 3 unspecified atom stereocenters. The zero-order valence-corrected chi connectivity index (χ0v) is 13.4. The standard InChI is InChI=1S/C13H25NO11/c1-14-11(21)9-8(10(20)13(22,3-16)25-9)24-12-7(19)6(18)5(17)4(2-15)23-12/h4-12,14-22H,2-3H2,1H3/t4?,5-,6+,7-,8-,9?,10+,11-,12?,13-/m1/s1. The summed E-state index contributed by atoms with van der Waals surface area (Å²) in [5.41, 5.74) is 0. The highest BCUT2D eigenvalue weighted by Gasteiger charge is 2.58. The minimum Gasteiger partial charge on any atom is -0.394 e. The topological polar surface area (TPSA) is 202 Å². The predicted molar refractivity (Wildman–Crippen MR) is 76.6 cm³/mol. The van der Waals surface area contributed by atoms with Gasteiger partial charge >= 0.3 is 0 Å². The summed E-state index contributed by atoms with van der Waals surface area (Å²) in [7, 11) is 1.36. The zero-order chi connectivity index (χ0) is 18.9. The monoisotopic (exact) mass is 371 g/mol. The number of hydrogen-bond donors (Lipinski definition) is 9. The third kappa shape index (κ3) is 3.80. The lowest BCUT2D eigenvalue weighted by Gasteiger charge is -2.41. The van der Waals surface area contributed by atoms with E-state index in [1.165, 1.54) is 7.05 Å². The van der Waals surface area contributed by atoms with E-state index in [0.717, 1.165) is 0 Å². The van der Waals surface area contributed by atoms with E-state index in [9.17, 15) is 35.7 Å². The molecular formula is C13H25NO11. The fourth-order valence-corrected chi connectivity index (χ4v) is 2.83. The summed E-state index contributed by atoms with van der Waals surface area (Å²) in [6.07, 6.45) is -14.0. The van der Waals surface area contributed by atoms with E-state index in [1.807, 2.05) is 0 Å². The Morgan fingerprint density at radius 1 is 1.12 bits per heavy atom. The molecule has 0 aromatic heterocycles. The third-order valence-electron chi connectivity index (χ3n) is 4.41. The molecule has 12 heteroatoms. The minimum atomic E-state index is -2.43. The second-order valence-electron chi connectivity index (χ2n) is 6.06. The van der Waals surface area contributed by atoms with Gasteiger partial charge in [0.1, 0.15) is 49.0 Å². The van der Waals surface area contributed by atoms with Crippen molar-refractivity contribution < 1.29 is 55.1 Å². The van der Waals surface area contributed by atoms with Crippen molar-refractivity contribution in [1.82, 2.24) is 5.32 Å². The largest absolute Gasteiger partial charge is 0.394 e. The average molecular weight is 371 g/mol. The van der Waals surface area contributed by atoms with Crippen molar-refractivity contribution in [2.24, 2.45) is 0 Å². The maximum absolute atomic E-state index is 10.2. The molecule has 2 rings (SSSR count). The van der Waals surface area contributed by atoms with Crippen LogP contribution in [0.15, 0.2) is 0 Å². The summed E-state index contributed by atoms with van der Waals surface area (Å²) in [6, 6.07) is 0. The van der Waals surface area contributed by atoms with Crippen LogP contribution in [-0.2, 0) is 14.2 Å². The van der Waals surface area contributed by atoms with E-state index in [4.69, 9.17) is 19.3 Å². The molecule has 2 heterocycles. The highest BCUT2D eigenvalue weighted by molar-refractivity contribution is 4.99. The van der Waals surface area contributed by atoms with Gasteiger partial charge in [0.25, 0.3) is 0 Å². The first-order valence-corrected chi connectivity index (χ1v) is 7.70. The number of nitrogens with one attached hydrogen (secondary N) is 1. The molecule has 0 aromatic carbocycles. The van der Waals surface area contributed by atoms with Crippen LogP contribution in [0.25, 0.3) is 0 Å². The number of rotatable bonds is 6. The van der Waals surface area contributed by atoms with Crippen LogP contribution in [0.4, 0.5) is 0 Å². The molecule has 0 saturated carbocycles. The molecule has 0 aliphatic carbocycles. The Kier molecular flexibility index (Phi) is 6.70. The van der Waals surface area contributed by atoms with E-state index >= 15 is 0 Å². The zero-order valence-electron chi connectivity index (χ0n) is 13.4. The van der Waals surface area contributed by atoms with Gasteiger partial charge in [0, 0.05) is 0 Å². The molecule has 2 aliphatic heterocycles. The van der Waals surface area contributed by atoms with E-state index < -0.39 is 74.2 Å². The van der Waals surface area contributed by atoms with Crippen molar-refractivity contribution in [3.8, 4) is 0 Å². The first-order valence-electron chi connectivity index (χ1n) is 7.70. The van der Waals surface area contributed by atoms with Crippen molar-refractivity contribution in [2.75, 3.05) is 20.3 Å². The fourth-order valence-electron chi connectivity index (χ4n) is 2.83. The summed E-state index contributed by atoms with van der Waals surface area (Å²) in [5.74, 6) is -2.43. The molecular weight excluding hydrogens is 346 g/mol. The Morgan fingerprint density at radius 2 is 1.76 bits per heavy atom. The summed E-state index contributed by atoms with van der Waals surface area (Å²) in [4.78, 5) is 0. The highest BCUT2D eigenvalue weighted by atomic mass is 16.7. The lowest BCUT2D eigenvalue weighted by Crippen LogP contribution is -2.61. The molecule has 2 saturated heterocycles. The van der Waals surface area contributed by atoms with Crippen molar-refractivity contribution in [3.05, 3.63) is 0 Å². The molecule has 0 bridgehead atoms. The average Bonchev–Trinajstić information content (AvgIpc) is 2.87. The van der Waals surface area contributed by atoms with Gasteiger partial charge in [-0.25, -0.2) is 0 Å². The van der Waals surface area contributed by atoms with Crippen molar-refractivity contribution >= 4 is 0 Å². The van der Waals surface area contributed by atoms with Gasteiger partial charge in [-0.2, -0.15) is 0 Å². The van der Waals surface area contributed by atoms with E-state index in [-0.39, 0.29) is 0 Å². The summed E-state index contributed by atoms with van der Waals surface area (Å²) in [6.45, 7) is -1.69. The van der Waals surface area contributed by atoms with Crippen LogP contribution >= 0.6 is 0 Å². The lowest BCUT2D eigenvalue weighted by atomic mass is 9.98. The van der Waals surface area contributed by atoms with Crippen molar-refractivity contribution in [3.63, 3.8) is 0 Å². The van der Waals surface area contributed by atoms with Gasteiger partial charge in [-0.3, -0.25) is 5.32 Å². The molecule has 2 fully saturated rings. The molecule has 0 spiro atoms. The summed E-state index contributed by atoms with van der Waals surface area (Å²) >= 11 is 0. The Balaban J connectivity index is 2.20. The molecule has 12 nitrogen and oxygen atoms in total. The Labute approximate surface area is 142 Å². The predicted octanol–water partition coefficient (Wildman–Crippen LogP) is -5.85. The highest BCUT2D eigenvalue weighted by Crippen LogP contribution is 2.34. The van der Waals surface area contributed by atoms with Gasteiger partial charge in [-0.05, 0) is 7.05 Å². The van der Waals surface area contributed by atoms with Gasteiger partial charge in [0.2, 0.25) is 5.79 Å². The summed E-state index contributed by atoms with van der Waals surface area (Å²) < 4.78 is 15.6. The van der Waals surface area contributed by atoms with Crippen LogP contribution < -0.4 is 5.32 Å². The lowest BCUT2D eigenvalue weighted by molar-refractivity contribution is -0.320. The first-order chi connectivity index (χ1) is 11.7. The first kappa shape index (κ1) is 20.8. The maximum atomic E-state index is 10.2. The van der Waals surface area contributed by atoms with E-state index in [2.05, 4.69) is 5.32 Å². The number of ether oxygens (including phenoxy) is 3. The van der Waals surface area contributed by atoms with Crippen LogP contribution in [0.2, 0.25) is 0 Å². The van der Waals surface area contributed by atoms with E-state index in [0.29, 0.717) is 0 Å². The molecule has 2 aliphatic rings. The third-order valence-corrected chi connectivity index (χ3v) is 4.41. The van der Waals surface area contributed by atoms with Crippen LogP contribution in [0.1, 0.15) is 0 Å². The van der Waals surface area contributed by atoms with Gasteiger partial charge in [-0.15, -0.1) is 0 Å². The number of aliphatic hydroxyl groups excluding tert-OH is 7. The number of likely N-dealkylation sites (N-methyl/N-ethyl adjacent to an activating group) is 1. The maximum Gasteiger partial charge on any atom is 0.219 e. The Bertz CT molecular complexity index is 440. The SMILES string of the molecule is CN[C@H](O)C1O[C@](O)(CO)[C@@H](O)[C@@H]1OC1OC(CO)[C@@H](O)[C@H](O)[C@H]1O. The fraction of sp³-hybridized carbons (Fsp3) is 1.00. The Hall–Kier alpha value is -0.480. The van der Waals surface area contributed by atoms with Gasteiger partial charge in [-0.1, -0.05) is 0 Å². The second kappa shape index (κ2) is 8.04. The minimum absolute atomic E-state index is 0.683. The van der Waals surface area contributed by atoms with Gasteiger partial charge in [0.15, 0.2) is 6.29 Å². The van der Waals surface area contributed by atoms with Crippen LogP contribution in [0.3, 0.4) is 0 Å². The molecule has 0 amide bonds. The molecule has 0 radical (unpaired) electrons. The molecule has 25 heavy (non-hydrogen) atoms. The summed E-state index contributed by atoms with van der Waals surface area (Å²) in [5, 5.41) is 80.4. The Morgan fingerprint density at radius 3 is 2.28 bits per heavy atom.